The van der Waals surface area contributed by atoms with E-state index in [2.05, 4.69) is 15.1 Å². The molecule has 80 valence electrons. The number of likely N-dealkylation sites (N-methyl/N-ethyl adjacent to an activating group) is 1. The van der Waals surface area contributed by atoms with E-state index in [-0.39, 0.29) is 6.04 Å². The van der Waals surface area contributed by atoms with Gasteiger partial charge >= 0.3 is 0 Å². The van der Waals surface area contributed by atoms with Crippen molar-refractivity contribution in [2.24, 2.45) is 5.73 Å². The second-order valence-electron chi connectivity index (χ2n) is 3.45. The van der Waals surface area contributed by atoms with Gasteiger partial charge in [-0.1, -0.05) is 5.16 Å². The minimum atomic E-state index is 0.186. The van der Waals surface area contributed by atoms with Gasteiger partial charge < -0.3 is 15.2 Å². The van der Waals surface area contributed by atoms with Crippen LogP contribution in [0.1, 0.15) is 6.92 Å². The number of hydrogen-bond donors (Lipinski definition) is 1. The van der Waals surface area contributed by atoms with Crippen LogP contribution >= 0.6 is 0 Å². The Hall–Kier alpha value is -1.69. The first kappa shape index (κ1) is 9.85. The molecule has 1 atom stereocenters. The summed E-state index contributed by atoms with van der Waals surface area (Å²) in [7, 11) is 1.90. The molecular weight excluding hydrogens is 194 g/mol. The Morgan fingerprint density at radius 3 is 3.07 bits per heavy atom. The monoisotopic (exact) mass is 207 g/mol. The molecule has 15 heavy (non-hydrogen) atoms. The van der Waals surface area contributed by atoms with Crippen LogP contribution in [0, 0.1) is 0 Å². The molecule has 0 bridgehead atoms. The predicted molar refractivity (Wildman–Crippen MR) is 56.5 cm³/mol. The lowest BCUT2D eigenvalue weighted by molar-refractivity contribution is 0.448. The van der Waals surface area contributed by atoms with Gasteiger partial charge in [-0.15, -0.1) is 0 Å². The molecule has 0 fully saturated rings. The first-order valence-corrected chi connectivity index (χ1v) is 4.72. The van der Waals surface area contributed by atoms with Crippen LogP contribution in [0.15, 0.2) is 16.9 Å². The Balaban J connectivity index is 2.35. The van der Waals surface area contributed by atoms with Crippen LogP contribution in [0.3, 0.4) is 0 Å². The summed E-state index contributed by atoms with van der Waals surface area (Å²) in [5.74, 6) is 0.595. The minimum absolute atomic E-state index is 0.186. The van der Waals surface area contributed by atoms with Crippen molar-refractivity contribution in [1.29, 1.82) is 0 Å². The van der Waals surface area contributed by atoms with Gasteiger partial charge in [0.2, 0.25) is 5.95 Å². The van der Waals surface area contributed by atoms with Crippen molar-refractivity contribution in [3.63, 3.8) is 0 Å². The maximum atomic E-state index is 5.57. The van der Waals surface area contributed by atoms with Crippen LogP contribution in [0.2, 0.25) is 0 Å². The Labute approximate surface area is 87.1 Å². The average Bonchev–Trinajstić information content (AvgIpc) is 2.73. The van der Waals surface area contributed by atoms with Crippen molar-refractivity contribution in [1.82, 2.24) is 15.1 Å². The molecular formula is C9H13N5O. The highest BCUT2D eigenvalue weighted by molar-refractivity contribution is 5.71. The summed E-state index contributed by atoms with van der Waals surface area (Å²) in [5.41, 5.74) is 6.07. The Kier molecular flexibility index (Phi) is 2.51. The Morgan fingerprint density at radius 1 is 1.53 bits per heavy atom. The molecule has 0 aliphatic heterocycles. The molecule has 1 unspecified atom stereocenters. The standard InChI is InChI=1S/C9H13N5O/c1-6(3-10)14(2)9-11-4-7-5-12-15-8(7)13-9/h4-6H,3,10H2,1-2H3. The highest BCUT2D eigenvalue weighted by Gasteiger charge is 2.12. The van der Waals surface area contributed by atoms with E-state index in [1.807, 2.05) is 18.9 Å². The molecule has 2 heterocycles. The largest absolute Gasteiger partial charge is 0.340 e. The van der Waals surface area contributed by atoms with Gasteiger partial charge in [0.15, 0.2) is 0 Å². The van der Waals surface area contributed by atoms with Crippen molar-refractivity contribution >= 4 is 17.0 Å². The molecule has 0 aliphatic carbocycles. The van der Waals surface area contributed by atoms with Crippen molar-refractivity contribution in [3.05, 3.63) is 12.4 Å². The Morgan fingerprint density at radius 2 is 2.33 bits per heavy atom. The zero-order chi connectivity index (χ0) is 10.8. The van der Waals surface area contributed by atoms with Crippen molar-refractivity contribution in [2.45, 2.75) is 13.0 Å². The summed E-state index contributed by atoms with van der Waals surface area (Å²) in [6, 6.07) is 0.186. The van der Waals surface area contributed by atoms with Gasteiger partial charge in [0, 0.05) is 25.8 Å². The van der Waals surface area contributed by atoms with E-state index in [4.69, 9.17) is 10.3 Å². The van der Waals surface area contributed by atoms with Crippen LogP contribution in [-0.4, -0.2) is 34.8 Å². The zero-order valence-corrected chi connectivity index (χ0v) is 8.71. The van der Waals surface area contributed by atoms with Gasteiger partial charge in [0.05, 0.1) is 11.6 Å². The SMILES string of the molecule is CC(CN)N(C)c1ncc2cnoc2n1. The summed E-state index contributed by atoms with van der Waals surface area (Å²) in [5, 5.41) is 4.44. The van der Waals surface area contributed by atoms with Gasteiger partial charge in [0.1, 0.15) is 0 Å². The normalized spacial score (nSPS) is 13.0. The van der Waals surface area contributed by atoms with E-state index in [1.165, 1.54) is 0 Å². The van der Waals surface area contributed by atoms with Crippen LogP contribution in [0.5, 0.6) is 0 Å². The molecule has 0 aromatic carbocycles. The van der Waals surface area contributed by atoms with Crippen LogP contribution in [0.4, 0.5) is 5.95 Å². The van der Waals surface area contributed by atoms with Crippen LogP contribution in [0.25, 0.3) is 11.1 Å². The van der Waals surface area contributed by atoms with Gasteiger partial charge in [0.25, 0.3) is 5.71 Å². The summed E-state index contributed by atoms with van der Waals surface area (Å²) in [6.07, 6.45) is 3.28. The number of anilines is 1. The first-order chi connectivity index (χ1) is 7.22. The maximum absolute atomic E-state index is 5.57. The summed E-state index contributed by atoms with van der Waals surface area (Å²) >= 11 is 0. The molecule has 2 N–H and O–H groups in total. The van der Waals surface area contributed by atoms with E-state index in [1.54, 1.807) is 12.4 Å². The van der Waals surface area contributed by atoms with E-state index in [9.17, 15) is 0 Å². The average molecular weight is 207 g/mol. The molecule has 2 aromatic heterocycles. The fourth-order valence-electron chi connectivity index (χ4n) is 1.19. The highest BCUT2D eigenvalue weighted by atomic mass is 16.5. The van der Waals surface area contributed by atoms with E-state index in [0.717, 1.165) is 5.39 Å². The van der Waals surface area contributed by atoms with Gasteiger partial charge in [-0.2, -0.15) is 4.98 Å². The number of nitrogens with zero attached hydrogens (tertiary/aromatic N) is 4. The van der Waals surface area contributed by atoms with E-state index >= 15 is 0 Å². The fraction of sp³-hybridized carbons (Fsp3) is 0.444. The third-order valence-corrected chi connectivity index (χ3v) is 2.42. The molecule has 0 aliphatic rings. The highest BCUT2D eigenvalue weighted by Crippen LogP contribution is 2.14. The molecule has 2 rings (SSSR count). The van der Waals surface area contributed by atoms with Crippen molar-refractivity contribution in [2.75, 3.05) is 18.5 Å². The zero-order valence-electron chi connectivity index (χ0n) is 8.71. The maximum Gasteiger partial charge on any atom is 0.262 e. The smallest absolute Gasteiger partial charge is 0.262 e. The summed E-state index contributed by atoms with van der Waals surface area (Å²) in [4.78, 5) is 10.3. The lowest BCUT2D eigenvalue weighted by Crippen LogP contribution is -2.36. The lowest BCUT2D eigenvalue weighted by Gasteiger charge is -2.22. The molecule has 0 spiro atoms. The lowest BCUT2D eigenvalue weighted by atomic mass is 10.3. The molecule has 0 radical (unpaired) electrons. The number of nitrogens with two attached hydrogens (primary N) is 1. The molecule has 6 heteroatoms. The third kappa shape index (κ3) is 1.75. The number of aromatic nitrogens is 3. The van der Waals surface area contributed by atoms with E-state index in [0.29, 0.717) is 18.2 Å². The van der Waals surface area contributed by atoms with Crippen molar-refractivity contribution < 1.29 is 4.52 Å². The first-order valence-electron chi connectivity index (χ1n) is 4.72. The molecule has 6 nitrogen and oxygen atoms in total. The number of hydrogen-bond acceptors (Lipinski definition) is 6. The predicted octanol–water partition coefficient (Wildman–Crippen LogP) is 0.401. The topological polar surface area (TPSA) is 81.1 Å². The second kappa shape index (κ2) is 3.82. The Bertz CT molecular complexity index is 454. The number of rotatable bonds is 3. The van der Waals surface area contributed by atoms with E-state index < -0.39 is 0 Å². The van der Waals surface area contributed by atoms with Gasteiger partial charge in [-0.05, 0) is 6.92 Å². The fourth-order valence-corrected chi connectivity index (χ4v) is 1.19. The second-order valence-corrected chi connectivity index (χ2v) is 3.45. The van der Waals surface area contributed by atoms with Crippen LogP contribution < -0.4 is 10.6 Å². The van der Waals surface area contributed by atoms with Gasteiger partial charge in [-0.3, -0.25) is 0 Å². The molecule has 2 aromatic rings. The van der Waals surface area contributed by atoms with Crippen molar-refractivity contribution in [3.8, 4) is 0 Å². The molecule has 0 amide bonds. The number of fused-ring (bicyclic) bond motifs is 1. The molecule has 0 saturated carbocycles. The minimum Gasteiger partial charge on any atom is -0.340 e. The quantitative estimate of drug-likeness (QED) is 0.784. The van der Waals surface area contributed by atoms with Gasteiger partial charge in [-0.25, -0.2) is 4.98 Å². The summed E-state index contributed by atoms with van der Waals surface area (Å²) < 4.78 is 4.96. The summed E-state index contributed by atoms with van der Waals surface area (Å²) in [6.45, 7) is 2.56. The molecule has 0 saturated heterocycles. The van der Waals surface area contributed by atoms with Crippen LogP contribution in [-0.2, 0) is 0 Å². The third-order valence-electron chi connectivity index (χ3n) is 2.42.